The van der Waals surface area contributed by atoms with Crippen molar-refractivity contribution in [1.82, 2.24) is 14.7 Å². The van der Waals surface area contributed by atoms with Crippen LogP contribution in [0.5, 0.6) is 0 Å². The lowest BCUT2D eigenvalue weighted by Crippen LogP contribution is -2.42. The van der Waals surface area contributed by atoms with E-state index in [2.05, 4.69) is 34.0 Å². The van der Waals surface area contributed by atoms with Crippen molar-refractivity contribution in [3.05, 3.63) is 12.4 Å². The van der Waals surface area contributed by atoms with E-state index in [1.54, 1.807) is 0 Å². The van der Waals surface area contributed by atoms with Gasteiger partial charge in [0.2, 0.25) is 16.0 Å². The second-order valence-corrected chi connectivity index (χ2v) is 7.22. The second-order valence-electron chi connectivity index (χ2n) is 5.51. The van der Waals surface area contributed by atoms with E-state index in [0.717, 1.165) is 19.3 Å². The first kappa shape index (κ1) is 15.1. The van der Waals surface area contributed by atoms with Crippen LogP contribution < -0.4 is 16.0 Å². The van der Waals surface area contributed by atoms with Crippen LogP contribution in [0, 0.1) is 11.8 Å². The van der Waals surface area contributed by atoms with Crippen LogP contribution in [0.15, 0.2) is 17.3 Å². The Morgan fingerprint density at radius 3 is 2.45 bits per heavy atom. The van der Waals surface area contributed by atoms with Crippen LogP contribution in [-0.2, 0) is 10.0 Å². The van der Waals surface area contributed by atoms with Gasteiger partial charge in [0.25, 0.3) is 0 Å². The Morgan fingerprint density at radius 2 is 1.90 bits per heavy atom. The van der Waals surface area contributed by atoms with Crippen molar-refractivity contribution < 1.29 is 8.42 Å². The predicted molar refractivity (Wildman–Crippen MR) is 76.1 cm³/mol. The minimum atomic E-state index is -3.58. The number of nitrogens with one attached hydrogen (secondary N) is 2. The summed E-state index contributed by atoms with van der Waals surface area (Å²) in [6.07, 6.45) is 5.45. The van der Waals surface area contributed by atoms with E-state index in [-0.39, 0.29) is 16.9 Å². The third kappa shape index (κ3) is 3.44. The van der Waals surface area contributed by atoms with Gasteiger partial charge in [-0.2, -0.15) is 0 Å². The fourth-order valence-electron chi connectivity index (χ4n) is 2.64. The number of hydrogen-bond donors (Lipinski definition) is 3. The zero-order valence-corrected chi connectivity index (χ0v) is 12.5. The maximum Gasteiger partial charge on any atom is 0.243 e. The third-order valence-electron chi connectivity index (χ3n) is 3.81. The molecule has 0 radical (unpaired) electrons. The molecule has 0 spiro atoms. The number of hydrogen-bond acceptors (Lipinski definition) is 6. The summed E-state index contributed by atoms with van der Waals surface area (Å²) >= 11 is 0. The number of aromatic nitrogens is 2. The number of nitrogens with two attached hydrogens (primary N) is 1. The lowest BCUT2D eigenvalue weighted by Gasteiger charge is -2.32. The molecule has 0 saturated heterocycles. The Balaban J connectivity index is 2.10. The molecule has 7 nitrogen and oxygen atoms in total. The average molecular weight is 299 g/mol. The number of rotatable bonds is 4. The predicted octanol–water partition coefficient (Wildman–Crippen LogP) is 0.865. The molecule has 8 heteroatoms. The molecule has 112 valence electrons. The van der Waals surface area contributed by atoms with E-state index in [1.807, 2.05) is 0 Å². The van der Waals surface area contributed by atoms with Crippen LogP contribution in [0.25, 0.3) is 0 Å². The number of nitrogen functional groups attached to an aromatic ring is 1. The van der Waals surface area contributed by atoms with Crippen molar-refractivity contribution in [2.45, 2.75) is 44.0 Å². The third-order valence-corrected chi connectivity index (χ3v) is 5.25. The molecule has 20 heavy (non-hydrogen) atoms. The highest BCUT2D eigenvalue weighted by molar-refractivity contribution is 7.89. The van der Waals surface area contributed by atoms with Crippen molar-refractivity contribution in [3.63, 3.8) is 0 Å². The normalized spacial score (nSPS) is 27.2. The molecule has 0 aliphatic heterocycles. The van der Waals surface area contributed by atoms with Gasteiger partial charge in [0.05, 0.1) is 12.4 Å². The minimum Gasteiger partial charge on any atom is -0.292 e. The molecule has 1 aromatic heterocycles. The fraction of sp³-hybridized carbons (Fsp3) is 0.667. The van der Waals surface area contributed by atoms with E-state index in [9.17, 15) is 8.42 Å². The Labute approximate surface area is 119 Å². The van der Waals surface area contributed by atoms with E-state index in [1.165, 1.54) is 12.4 Å². The fourth-order valence-corrected chi connectivity index (χ4v) is 3.91. The first-order valence-corrected chi connectivity index (χ1v) is 8.21. The van der Waals surface area contributed by atoms with Crippen LogP contribution in [0.3, 0.4) is 0 Å². The standard InChI is InChI=1S/C12H21N5O2S/c1-8-3-4-11(9(2)5-8)17-20(18,19)10-6-14-12(16-13)15-7-10/h6-9,11,17H,3-5,13H2,1-2H3,(H,14,15,16). The van der Waals surface area contributed by atoms with Gasteiger partial charge >= 0.3 is 0 Å². The Kier molecular flexibility index (Phi) is 4.56. The van der Waals surface area contributed by atoms with Crippen LogP contribution in [-0.4, -0.2) is 24.4 Å². The van der Waals surface area contributed by atoms with Gasteiger partial charge in [0.1, 0.15) is 4.90 Å². The lowest BCUT2D eigenvalue weighted by molar-refractivity contribution is 0.249. The van der Waals surface area contributed by atoms with Gasteiger partial charge in [-0.3, -0.25) is 5.43 Å². The Hall–Kier alpha value is -1.25. The highest BCUT2D eigenvalue weighted by Crippen LogP contribution is 2.29. The monoisotopic (exact) mass is 299 g/mol. The first-order chi connectivity index (χ1) is 9.42. The molecule has 3 atom stereocenters. The summed E-state index contributed by atoms with van der Waals surface area (Å²) in [6, 6.07) is -0.0245. The number of hydrazine groups is 1. The molecule has 0 amide bonds. The van der Waals surface area contributed by atoms with E-state index >= 15 is 0 Å². The SMILES string of the molecule is CC1CCC(NS(=O)(=O)c2cnc(NN)nc2)C(C)C1. The number of sulfonamides is 1. The summed E-state index contributed by atoms with van der Waals surface area (Å²) in [5.74, 6) is 6.32. The summed E-state index contributed by atoms with van der Waals surface area (Å²) in [6.45, 7) is 4.29. The highest BCUT2D eigenvalue weighted by atomic mass is 32.2. The molecule has 1 aliphatic rings. The lowest BCUT2D eigenvalue weighted by atomic mass is 9.80. The van der Waals surface area contributed by atoms with Gasteiger partial charge < -0.3 is 0 Å². The molecule has 1 fully saturated rings. The smallest absolute Gasteiger partial charge is 0.243 e. The van der Waals surface area contributed by atoms with Crippen LogP contribution >= 0.6 is 0 Å². The molecule has 0 bridgehead atoms. The maximum absolute atomic E-state index is 12.3. The summed E-state index contributed by atoms with van der Waals surface area (Å²) in [5.41, 5.74) is 2.26. The molecule has 1 saturated carbocycles. The summed E-state index contributed by atoms with van der Waals surface area (Å²) < 4.78 is 27.3. The van der Waals surface area contributed by atoms with Crippen molar-refractivity contribution >= 4 is 16.0 Å². The molecule has 1 aromatic rings. The average Bonchev–Trinajstić information content (AvgIpc) is 2.42. The number of nitrogens with zero attached hydrogens (tertiary/aromatic N) is 2. The Morgan fingerprint density at radius 1 is 1.25 bits per heavy atom. The molecular weight excluding hydrogens is 278 g/mol. The van der Waals surface area contributed by atoms with Gasteiger partial charge in [0, 0.05) is 6.04 Å². The molecule has 2 rings (SSSR count). The summed E-state index contributed by atoms with van der Waals surface area (Å²) in [5, 5.41) is 0. The van der Waals surface area contributed by atoms with Gasteiger partial charge in [-0.25, -0.2) is 29.0 Å². The van der Waals surface area contributed by atoms with Crippen LogP contribution in [0.2, 0.25) is 0 Å². The summed E-state index contributed by atoms with van der Waals surface area (Å²) in [7, 11) is -3.58. The number of anilines is 1. The molecule has 3 unspecified atom stereocenters. The van der Waals surface area contributed by atoms with Gasteiger partial charge in [0.15, 0.2) is 0 Å². The quantitative estimate of drug-likeness (QED) is 0.562. The summed E-state index contributed by atoms with van der Waals surface area (Å²) in [4.78, 5) is 7.70. The van der Waals surface area contributed by atoms with E-state index in [0.29, 0.717) is 11.8 Å². The van der Waals surface area contributed by atoms with Crippen molar-refractivity contribution in [1.29, 1.82) is 0 Å². The van der Waals surface area contributed by atoms with Crippen molar-refractivity contribution in [2.24, 2.45) is 17.7 Å². The van der Waals surface area contributed by atoms with E-state index < -0.39 is 10.0 Å². The maximum atomic E-state index is 12.3. The zero-order chi connectivity index (χ0) is 14.8. The zero-order valence-electron chi connectivity index (χ0n) is 11.7. The molecule has 4 N–H and O–H groups in total. The minimum absolute atomic E-state index is 0.0245. The molecule has 1 aliphatic carbocycles. The molecule has 1 heterocycles. The van der Waals surface area contributed by atoms with Crippen LogP contribution in [0.4, 0.5) is 5.95 Å². The second kappa shape index (κ2) is 6.02. The first-order valence-electron chi connectivity index (χ1n) is 6.73. The van der Waals surface area contributed by atoms with Crippen molar-refractivity contribution in [2.75, 3.05) is 5.43 Å². The van der Waals surface area contributed by atoms with Crippen molar-refractivity contribution in [3.8, 4) is 0 Å². The van der Waals surface area contributed by atoms with Gasteiger partial charge in [-0.15, -0.1) is 0 Å². The largest absolute Gasteiger partial charge is 0.292 e. The van der Waals surface area contributed by atoms with Crippen LogP contribution in [0.1, 0.15) is 33.1 Å². The highest BCUT2D eigenvalue weighted by Gasteiger charge is 2.29. The molecule has 0 aromatic carbocycles. The molecular formula is C12H21N5O2S. The van der Waals surface area contributed by atoms with Gasteiger partial charge in [-0.05, 0) is 31.1 Å². The van der Waals surface area contributed by atoms with E-state index in [4.69, 9.17) is 5.84 Å². The van der Waals surface area contributed by atoms with Gasteiger partial charge in [-0.1, -0.05) is 13.8 Å². The topological polar surface area (TPSA) is 110 Å². The Bertz CT molecular complexity index is 545.